The highest BCUT2D eigenvalue weighted by atomic mass is 16.5. The van der Waals surface area contributed by atoms with Crippen LogP contribution >= 0.6 is 0 Å². The van der Waals surface area contributed by atoms with E-state index in [0.29, 0.717) is 6.04 Å². The summed E-state index contributed by atoms with van der Waals surface area (Å²) in [5.74, 6) is 1.02. The van der Waals surface area contributed by atoms with Gasteiger partial charge in [-0.3, -0.25) is 0 Å². The number of hydrogen-bond donors (Lipinski definition) is 1. The predicted octanol–water partition coefficient (Wildman–Crippen LogP) is 1.33. The third kappa shape index (κ3) is 3.91. The molecule has 2 atom stereocenters. The monoisotopic (exact) mass is 385 g/mol. The summed E-state index contributed by atoms with van der Waals surface area (Å²) >= 11 is 0. The van der Waals surface area contributed by atoms with E-state index in [1.165, 1.54) is 16.8 Å². The van der Waals surface area contributed by atoms with Crippen LogP contribution in [0.3, 0.4) is 0 Å². The first kappa shape index (κ1) is 19.3. The van der Waals surface area contributed by atoms with Crippen molar-refractivity contribution in [3.05, 3.63) is 35.2 Å². The van der Waals surface area contributed by atoms with Crippen molar-refractivity contribution < 1.29 is 9.64 Å². The molecule has 4 rings (SSSR count). The number of quaternary nitrogens is 1. The zero-order valence-electron chi connectivity index (χ0n) is 17.4. The lowest BCUT2D eigenvalue weighted by molar-refractivity contribution is -0.933. The van der Waals surface area contributed by atoms with Crippen LogP contribution in [0.4, 0.5) is 5.69 Å². The highest BCUT2D eigenvalue weighted by Crippen LogP contribution is 2.23. The average molecular weight is 386 g/mol. The molecule has 1 aromatic heterocycles. The van der Waals surface area contributed by atoms with Crippen LogP contribution in [0, 0.1) is 13.8 Å². The number of rotatable bonds is 6. The molecular weight excluding hydrogens is 352 g/mol. The summed E-state index contributed by atoms with van der Waals surface area (Å²) in [5.41, 5.74) is 4.15. The van der Waals surface area contributed by atoms with E-state index in [9.17, 15) is 0 Å². The third-order valence-corrected chi connectivity index (χ3v) is 6.50. The van der Waals surface area contributed by atoms with E-state index < -0.39 is 0 Å². The molecular formula is C21H33N6O+. The summed E-state index contributed by atoms with van der Waals surface area (Å²) in [6.45, 7) is 12.7. The number of piperazine rings is 1. The van der Waals surface area contributed by atoms with Gasteiger partial charge in [-0.05, 0) is 54.3 Å². The van der Waals surface area contributed by atoms with Gasteiger partial charge >= 0.3 is 0 Å². The first-order valence-corrected chi connectivity index (χ1v) is 10.7. The van der Waals surface area contributed by atoms with Crippen molar-refractivity contribution in [2.45, 2.75) is 58.7 Å². The van der Waals surface area contributed by atoms with Crippen LogP contribution in [0.2, 0.25) is 0 Å². The zero-order chi connectivity index (χ0) is 19.5. The molecule has 0 amide bonds. The molecule has 1 aromatic carbocycles. The van der Waals surface area contributed by atoms with Gasteiger partial charge in [0.25, 0.3) is 0 Å². The molecule has 0 bridgehead atoms. The quantitative estimate of drug-likeness (QED) is 0.813. The summed E-state index contributed by atoms with van der Waals surface area (Å²) < 4.78 is 7.79. The molecule has 0 aliphatic carbocycles. The minimum atomic E-state index is 0.260. The number of aryl methyl sites for hydroxylation is 1. The molecule has 0 saturated carbocycles. The Kier molecular flexibility index (Phi) is 5.92. The Labute approximate surface area is 167 Å². The van der Waals surface area contributed by atoms with Gasteiger partial charge in [0.15, 0.2) is 0 Å². The van der Waals surface area contributed by atoms with Crippen molar-refractivity contribution in [3.8, 4) is 0 Å². The normalized spacial score (nSPS) is 22.0. The molecule has 2 fully saturated rings. The lowest BCUT2D eigenvalue weighted by Crippen LogP contribution is -3.15. The maximum atomic E-state index is 5.79. The standard InChI is InChI=1S/C21H32N6O/c1-4-19(21-22-23-24-27(21)15-18-8-6-14-28-18)25-10-12-26(13-11-25)20-9-5-7-16(2)17(20)3/h5,7,9,18-19H,4,6,8,10-15H2,1-3H3/p+1/t18-,19-/m1/s1. The van der Waals surface area contributed by atoms with Crippen LogP contribution in [0.1, 0.15) is 49.2 Å². The first-order chi connectivity index (χ1) is 13.7. The van der Waals surface area contributed by atoms with E-state index in [4.69, 9.17) is 4.74 Å². The predicted molar refractivity (Wildman–Crippen MR) is 109 cm³/mol. The Bertz CT molecular complexity index is 777. The molecule has 3 heterocycles. The molecule has 0 spiro atoms. The second-order valence-electron chi connectivity index (χ2n) is 8.18. The Hall–Kier alpha value is -1.99. The summed E-state index contributed by atoms with van der Waals surface area (Å²) in [6.07, 6.45) is 3.56. The minimum Gasteiger partial charge on any atom is -0.376 e. The first-order valence-electron chi connectivity index (χ1n) is 10.7. The summed E-state index contributed by atoms with van der Waals surface area (Å²) in [4.78, 5) is 4.13. The van der Waals surface area contributed by atoms with Gasteiger partial charge in [0, 0.05) is 18.7 Å². The van der Waals surface area contributed by atoms with Crippen LogP contribution < -0.4 is 9.80 Å². The van der Waals surface area contributed by atoms with Crippen molar-refractivity contribution >= 4 is 5.69 Å². The average Bonchev–Trinajstić information content (AvgIpc) is 3.38. The summed E-state index contributed by atoms with van der Waals surface area (Å²) in [5, 5.41) is 12.7. The lowest BCUT2D eigenvalue weighted by atomic mass is 10.1. The van der Waals surface area contributed by atoms with E-state index in [2.05, 4.69) is 59.4 Å². The van der Waals surface area contributed by atoms with Crippen molar-refractivity contribution in [2.24, 2.45) is 0 Å². The van der Waals surface area contributed by atoms with Gasteiger partial charge in [0.05, 0.1) is 38.8 Å². The molecule has 7 nitrogen and oxygen atoms in total. The molecule has 1 N–H and O–H groups in total. The van der Waals surface area contributed by atoms with Crippen molar-refractivity contribution in [3.63, 3.8) is 0 Å². The number of nitrogens with zero attached hydrogens (tertiary/aromatic N) is 5. The molecule has 2 aliphatic heterocycles. The molecule has 2 saturated heterocycles. The molecule has 0 unspecified atom stereocenters. The van der Waals surface area contributed by atoms with Gasteiger partial charge in [-0.15, -0.1) is 5.10 Å². The Morgan fingerprint density at radius 2 is 2.07 bits per heavy atom. The third-order valence-electron chi connectivity index (χ3n) is 6.50. The number of aromatic nitrogens is 4. The Balaban J connectivity index is 1.43. The van der Waals surface area contributed by atoms with E-state index in [0.717, 1.165) is 64.4 Å². The van der Waals surface area contributed by atoms with Gasteiger partial charge in [0.2, 0.25) is 5.82 Å². The van der Waals surface area contributed by atoms with E-state index in [-0.39, 0.29) is 6.10 Å². The van der Waals surface area contributed by atoms with Gasteiger partial charge in [-0.1, -0.05) is 19.1 Å². The summed E-state index contributed by atoms with van der Waals surface area (Å²) in [7, 11) is 0. The molecule has 7 heteroatoms. The number of nitrogens with one attached hydrogen (secondary N) is 1. The second-order valence-corrected chi connectivity index (χ2v) is 8.18. The topological polar surface area (TPSA) is 60.5 Å². The maximum absolute atomic E-state index is 5.79. The van der Waals surface area contributed by atoms with Gasteiger partial charge < -0.3 is 14.5 Å². The number of tetrazole rings is 1. The molecule has 152 valence electrons. The van der Waals surface area contributed by atoms with Gasteiger partial charge in [-0.25, -0.2) is 4.68 Å². The Morgan fingerprint density at radius 1 is 1.25 bits per heavy atom. The lowest BCUT2D eigenvalue weighted by Gasteiger charge is -2.37. The van der Waals surface area contributed by atoms with Crippen LogP contribution in [0.15, 0.2) is 18.2 Å². The van der Waals surface area contributed by atoms with Crippen LogP contribution in [-0.2, 0) is 11.3 Å². The van der Waals surface area contributed by atoms with E-state index >= 15 is 0 Å². The smallest absolute Gasteiger partial charge is 0.209 e. The van der Waals surface area contributed by atoms with Gasteiger partial charge in [0.1, 0.15) is 6.04 Å². The van der Waals surface area contributed by atoms with E-state index in [1.807, 2.05) is 4.68 Å². The number of ether oxygens (including phenoxy) is 1. The van der Waals surface area contributed by atoms with Crippen LogP contribution in [0.5, 0.6) is 0 Å². The highest BCUT2D eigenvalue weighted by molar-refractivity contribution is 5.56. The molecule has 2 aliphatic rings. The van der Waals surface area contributed by atoms with Crippen LogP contribution in [0.25, 0.3) is 0 Å². The van der Waals surface area contributed by atoms with Crippen LogP contribution in [-0.4, -0.2) is 59.1 Å². The SMILES string of the molecule is CC[C@H](c1nnnn1C[C@H]1CCCO1)[NH+]1CCN(c2cccc(C)c2C)CC1. The Morgan fingerprint density at radius 3 is 2.79 bits per heavy atom. The number of benzene rings is 1. The van der Waals surface area contributed by atoms with Crippen molar-refractivity contribution in [1.29, 1.82) is 0 Å². The minimum absolute atomic E-state index is 0.260. The molecule has 2 aromatic rings. The van der Waals surface area contributed by atoms with Crippen molar-refractivity contribution in [1.82, 2.24) is 20.2 Å². The van der Waals surface area contributed by atoms with Crippen molar-refractivity contribution in [2.75, 3.05) is 37.7 Å². The molecule has 28 heavy (non-hydrogen) atoms. The number of anilines is 1. The fraction of sp³-hybridized carbons (Fsp3) is 0.667. The highest BCUT2D eigenvalue weighted by Gasteiger charge is 2.32. The maximum Gasteiger partial charge on any atom is 0.209 e. The fourth-order valence-corrected chi connectivity index (χ4v) is 4.69. The van der Waals surface area contributed by atoms with Gasteiger partial charge in [-0.2, -0.15) is 0 Å². The summed E-state index contributed by atoms with van der Waals surface area (Å²) in [6, 6.07) is 6.97. The zero-order valence-corrected chi connectivity index (χ0v) is 17.4. The fourth-order valence-electron chi connectivity index (χ4n) is 4.69. The number of hydrogen-bond acceptors (Lipinski definition) is 5. The molecule has 0 radical (unpaired) electrons. The van der Waals surface area contributed by atoms with E-state index in [1.54, 1.807) is 4.90 Å². The largest absolute Gasteiger partial charge is 0.376 e. The second kappa shape index (κ2) is 8.57.